The van der Waals surface area contributed by atoms with Gasteiger partial charge in [0.05, 0.1) is 0 Å². The minimum absolute atomic E-state index is 0.547. The highest BCUT2D eigenvalue weighted by molar-refractivity contribution is 9.09. The zero-order chi connectivity index (χ0) is 12.1. The predicted octanol–water partition coefficient (Wildman–Crippen LogP) is 4.72. The summed E-state index contributed by atoms with van der Waals surface area (Å²) >= 11 is 7.18. The lowest BCUT2D eigenvalue weighted by Gasteiger charge is -2.12. The first-order chi connectivity index (χ1) is 8.29. The molecule has 1 heterocycles. The van der Waals surface area contributed by atoms with Crippen molar-refractivity contribution in [2.75, 3.05) is 11.1 Å². The predicted molar refractivity (Wildman–Crippen MR) is 80.6 cm³/mol. The fourth-order valence-corrected chi connectivity index (χ4v) is 4.44. The van der Waals surface area contributed by atoms with Gasteiger partial charge in [0.1, 0.15) is 4.34 Å². The average Bonchev–Trinajstić information content (AvgIpc) is 2.77. The Labute approximate surface area is 119 Å². The lowest BCUT2D eigenvalue weighted by Crippen LogP contribution is -2.03. The summed E-state index contributed by atoms with van der Waals surface area (Å²) in [5, 5.41) is 3.10. The Morgan fingerprint density at radius 2 is 2.12 bits per heavy atom. The normalized spacial score (nSPS) is 12.6. The Morgan fingerprint density at radius 3 is 2.71 bits per heavy atom. The third kappa shape index (κ3) is 3.83. The smallest absolute Gasteiger partial charge is 0.150 e. The molecule has 1 nitrogen and oxygen atoms in total. The number of rotatable bonds is 5. The van der Waals surface area contributed by atoms with E-state index in [1.807, 2.05) is 18.7 Å². The summed E-state index contributed by atoms with van der Waals surface area (Å²) in [6, 6.07) is 10.7. The first kappa shape index (κ1) is 13.1. The summed E-state index contributed by atoms with van der Waals surface area (Å²) in [5.41, 5.74) is 2.51. The van der Waals surface area contributed by atoms with E-state index in [4.69, 9.17) is 0 Å². The van der Waals surface area contributed by atoms with E-state index in [1.165, 1.54) is 9.90 Å². The van der Waals surface area contributed by atoms with Gasteiger partial charge in [0.25, 0.3) is 0 Å². The summed E-state index contributed by atoms with van der Waals surface area (Å²) in [7, 11) is 0. The van der Waals surface area contributed by atoms with Crippen LogP contribution in [-0.4, -0.2) is 16.1 Å². The van der Waals surface area contributed by atoms with Gasteiger partial charge in [-0.05, 0) is 12.5 Å². The zero-order valence-electron chi connectivity index (χ0n) is 9.60. The number of nitrogens with zero attached hydrogens (tertiary/aromatic N) is 1. The molecule has 0 N–H and O–H groups in total. The molecule has 1 aromatic carbocycles. The molecule has 17 heavy (non-hydrogen) atoms. The Balaban J connectivity index is 1.97. The molecule has 0 radical (unpaired) electrons. The molecule has 2 aromatic rings. The average molecular weight is 328 g/mol. The van der Waals surface area contributed by atoms with Crippen molar-refractivity contribution in [2.24, 2.45) is 0 Å². The number of benzene rings is 1. The molecule has 0 saturated carbocycles. The molecule has 1 atom stereocenters. The Bertz CT molecular complexity index is 455. The summed E-state index contributed by atoms with van der Waals surface area (Å²) in [6.07, 6.45) is 0. The lowest BCUT2D eigenvalue weighted by molar-refractivity contribution is 0.901. The Morgan fingerprint density at radius 1 is 1.35 bits per heavy atom. The molecule has 1 aromatic heterocycles. The molecule has 0 aliphatic carbocycles. The van der Waals surface area contributed by atoms with Crippen molar-refractivity contribution in [1.82, 2.24) is 4.98 Å². The second kappa shape index (κ2) is 6.57. The Hall–Kier alpha value is -0.320. The number of thioether (sulfide) groups is 1. The van der Waals surface area contributed by atoms with Crippen LogP contribution in [0.2, 0.25) is 0 Å². The molecule has 2 rings (SSSR count). The molecular weight excluding hydrogens is 314 g/mol. The SMILES string of the molecule is Cc1csc(SCC(CBr)c2ccccc2)n1. The van der Waals surface area contributed by atoms with Gasteiger partial charge in [-0.1, -0.05) is 58.0 Å². The highest BCUT2D eigenvalue weighted by Crippen LogP contribution is 2.29. The van der Waals surface area contributed by atoms with Gasteiger partial charge in [0, 0.05) is 28.1 Å². The molecule has 0 aliphatic rings. The minimum atomic E-state index is 0.547. The third-order valence-corrected chi connectivity index (χ3v) is 5.55. The third-order valence-electron chi connectivity index (χ3n) is 2.46. The fraction of sp³-hybridized carbons (Fsp3) is 0.308. The van der Waals surface area contributed by atoms with E-state index >= 15 is 0 Å². The van der Waals surface area contributed by atoms with Crippen molar-refractivity contribution in [1.29, 1.82) is 0 Å². The molecule has 0 amide bonds. The van der Waals surface area contributed by atoms with Crippen molar-refractivity contribution in [3.8, 4) is 0 Å². The van der Waals surface area contributed by atoms with Crippen LogP contribution in [-0.2, 0) is 0 Å². The van der Waals surface area contributed by atoms with Gasteiger partial charge in [-0.15, -0.1) is 11.3 Å². The largest absolute Gasteiger partial charge is 0.235 e. The van der Waals surface area contributed by atoms with Crippen LogP contribution < -0.4 is 0 Å². The van der Waals surface area contributed by atoms with Gasteiger partial charge in [-0.2, -0.15) is 0 Å². The number of thiazole rings is 1. The number of alkyl halides is 1. The molecular formula is C13H14BrNS2. The molecule has 0 spiro atoms. The van der Waals surface area contributed by atoms with Crippen molar-refractivity contribution in [3.63, 3.8) is 0 Å². The second-order valence-corrected chi connectivity index (χ2v) is 6.60. The number of hydrogen-bond acceptors (Lipinski definition) is 3. The van der Waals surface area contributed by atoms with Crippen LogP contribution in [0.15, 0.2) is 40.1 Å². The zero-order valence-corrected chi connectivity index (χ0v) is 12.8. The summed E-state index contributed by atoms with van der Waals surface area (Å²) in [5.74, 6) is 1.62. The molecule has 0 fully saturated rings. The van der Waals surface area contributed by atoms with E-state index in [-0.39, 0.29) is 0 Å². The molecule has 0 saturated heterocycles. The number of aryl methyl sites for hydroxylation is 1. The van der Waals surface area contributed by atoms with E-state index in [9.17, 15) is 0 Å². The standard InChI is InChI=1S/C13H14BrNS2/c1-10-8-16-13(15-10)17-9-12(7-14)11-5-3-2-4-6-11/h2-6,8,12H,7,9H2,1H3. The summed E-state index contributed by atoms with van der Waals surface area (Å²) in [4.78, 5) is 4.48. The first-order valence-corrected chi connectivity index (χ1v) is 8.44. The maximum absolute atomic E-state index is 4.48. The van der Waals surface area contributed by atoms with Crippen LogP contribution in [0.25, 0.3) is 0 Å². The van der Waals surface area contributed by atoms with Gasteiger partial charge < -0.3 is 0 Å². The molecule has 1 unspecified atom stereocenters. The van der Waals surface area contributed by atoms with Crippen LogP contribution in [0, 0.1) is 6.92 Å². The Kier molecular flexibility index (Phi) is 5.07. The van der Waals surface area contributed by atoms with E-state index in [2.05, 4.69) is 56.6 Å². The quantitative estimate of drug-likeness (QED) is 0.582. The van der Waals surface area contributed by atoms with Gasteiger partial charge in [-0.3, -0.25) is 0 Å². The monoisotopic (exact) mass is 327 g/mol. The van der Waals surface area contributed by atoms with Crippen LogP contribution in [0.3, 0.4) is 0 Å². The number of hydrogen-bond donors (Lipinski definition) is 0. The van der Waals surface area contributed by atoms with Gasteiger partial charge in [0.15, 0.2) is 0 Å². The van der Waals surface area contributed by atoms with E-state index in [0.717, 1.165) is 16.8 Å². The summed E-state index contributed by atoms with van der Waals surface area (Å²) in [6.45, 7) is 2.04. The first-order valence-electron chi connectivity index (χ1n) is 5.45. The van der Waals surface area contributed by atoms with E-state index < -0.39 is 0 Å². The highest BCUT2D eigenvalue weighted by Gasteiger charge is 2.11. The van der Waals surface area contributed by atoms with Gasteiger partial charge in [0.2, 0.25) is 0 Å². The fourth-order valence-electron chi connectivity index (χ4n) is 1.53. The van der Waals surface area contributed by atoms with Gasteiger partial charge >= 0.3 is 0 Å². The molecule has 90 valence electrons. The lowest BCUT2D eigenvalue weighted by atomic mass is 10.0. The number of halogens is 1. The molecule has 0 aliphatic heterocycles. The van der Waals surface area contributed by atoms with Crippen LogP contribution in [0.1, 0.15) is 17.2 Å². The van der Waals surface area contributed by atoms with Crippen molar-refractivity contribution in [2.45, 2.75) is 17.2 Å². The maximum atomic E-state index is 4.48. The summed E-state index contributed by atoms with van der Waals surface area (Å²) < 4.78 is 1.17. The second-order valence-electron chi connectivity index (χ2n) is 3.83. The molecule has 0 bridgehead atoms. The van der Waals surface area contributed by atoms with Gasteiger partial charge in [-0.25, -0.2) is 4.98 Å². The van der Waals surface area contributed by atoms with Crippen molar-refractivity contribution >= 4 is 39.0 Å². The van der Waals surface area contributed by atoms with Crippen molar-refractivity contribution < 1.29 is 0 Å². The minimum Gasteiger partial charge on any atom is -0.235 e. The van der Waals surface area contributed by atoms with Crippen LogP contribution >= 0.6 is 39.0 Å². The van der Waals surface area contributed by atoms with E-state index in [0.29, 0.717) is 5.92 Å². The number of aromatic nitrogens is 1. The maximum Gasteiger partial charge on any atom is 0.150 e. The topological polar surface area (TPSA) is 12.9 Å². The van der Waals surface area contributed by atoms with Crippen LogP contribution in [0.4, 0.5) is 0 Å². The van der Waals surface area contributed by atoms with E-state index in [1.54, 1.807) is 11.3 Å². The van der Waals surface area contributed by atoms with Crippen molar-refractivity contribution in [3.05, 3.63) is 47.0 Å². The molecule has 4 heteroatoms. The van der Waals surface area contributed by atoms with Crippen LogP contribution in [0.5, 0.6) is 0 Å². The highest BCUT2D eigenvalue weighted by atomic mass is 79.9.